The Kier molecular flexibility index (Phi) is 6.29. The van der Waals surface area contributed by atoms with Gasteiger partial charge in [-0.25, -0.2) is 13.4 Å². The number of piperazine rings is 1. The molecule has 2 heterocycles. The van der Waals surface area contributed by atoms with Gasteiger partial charge in [0.15, 0.2) is 5.13 Å². The van der Waals surface area contributed by atoms with Crippen LogP contribution in [-0.2, 0) is 16.4 Å². The van der Waals surface area contributed by atoms with E-state index >= 15 is 0 Å². The zero-order valence-electron chi connectivity index (χ0n) is 16.5. The second-order valence-electron chi connectivity index (χ2n) is 6.99. The number of benzene rings is 2. The van der Waals surface area contributed by atoms with Crippen molar-refractivity contribution in [3.05, 3.63) is 70.2 Å². The molecule has 9 heteroatoms. The summed E-state index contributed by atoms with van der Waals surface area (Å²) < 4.78 is 32.5. The maximum absolute atomic E-state index is 12.8. The normalized spacial score (nSPS) is 15.3. The summed E-state index contributed by atoms with van der Waals surface area (Å²) in [6, 6.07) is 14.3. The highest BCUT2D eigenvalue weighted by atomic mass is 35.5. The van der Waals surface area contributed by atoms with Crippen molar-refractivity contribution in [3.8, 4) is 5.75 Å². The average Bonchev–Trinajstić information content (AvgIpc) is 3.23. The molecule has 0 atom stereocenters. The summed E-state index contributed by atoms with van der Waals surface area (Å²) in [5, 5.41) is 3.51. The van der Waals surface area contributed by atoms with Gasteiger partial charge in [0.05, 0.1) is 17.7 Å². The van der Waals surface area contributed by atoms with E-state index in [0.29, 0.717) is 31.2 Å². The minimum Gasteiger partial charge on any atom is -0.497 e. The third kappa shape index (κ3) is 4.62. The standard InChI is InChI=1S/C21H22ClN3O3S2/c1-28-19-4-2-3-16(14-19)13-18-15-29-21(23-18)24-9-11-25(12-10-24)30(26,27)20-7-5-17(22)6-8-20/h2-8,14-15H,9-13H2,1H3. The SMILES string of the molecule is COc1cccc(Cc2csc(N3CCN(S(=O)(=O)c4ccc(Cl)cc4)CC3)n2)c1. The van der Waals surface area contributed by atoms with Crippen LogP contribution in [0.5, 0.6) is 5.75 Å². The zero-order chi connectivity index (χ0) is 21.1. The minimum atomic E-state index is -3.51. The molecule has 1 aliphatic heterocycles. The molecule has 6 nitrogen and oxygen atoms in total. The van der Waals surface area contributed by atoms with Crippen molar-refractivity contribution in [2.45, 2.75) is 11.3 Å². The van der Waals surface area contributed by atoms with Crippen molar-refractivity contribution in [3.63, 3.8) is 0 Å². The van der Waals surface area contributed by atoms with E-state index in [-0.39, 0.29) is 4.90 Å². The van der Waals surface area contributed by atoms with Gasteiger partial charge in [-0.1, -0.05) is 23.7 Å². The van der Waals surface area contributed by atoms with Gasteiger partial charge >= 0.3 is 0 Å². The molecular weight excluding hydrogens is 442 g/mol. The van der Waals surface area contributed by atoms with Gasteiger partial charge in [-0.3, -0.25) is 0 Å². The van der Waals surface area contributed by atoms with Gasteiger partial charge in [0.1, 0.15) is 5.75 Å². The number of methoxy groups -OCH3 is 1. The Hall–Kier alpha value is -2.13. The third-order valence-electron chi connectivity index (χ3n) is 5.02. The maximum Gasteiger partial charge on any atom is 0.243 e. The van der Waals surface area contributed by atoms with Crippen LogP contribution in [0.25, 0.3) is 0 Å². The lowest BCUT2D eigenvalue weighted by Gasteiger charge is -2.33. The lowest BCUT2D eigenvalue weighted by atomic mass is 10.1. The van der Waals surface area contributed by atoms with E-state index in [1.807, 2.05) is 18.2 Å². The lowest BCUT2D eigenvalue weighted by Crippen LogP contribution is -2.48. The van der Waals surface area contributed by atoms with E-state index < -0.39 is 10.0 Å². The van der Waals surface area contributed by atoms with Crippen LogP contribution in [0.4, 0.5) is 5.13 Å². The first-order valence-corrected chi connectivity index (χ1v) is 12.2. The summed E-state index contributed by atoms with van der Waals surface area (Å²) in [5.41, 5.74) is 2.14. The summed E-state index contributed by atoms with van der Waals surface area (Å²) in [7, 11) is -1.85. The average molecular weight is 464 g/mol. The monoisotopic (exact) mass is 463 g/mol. The van der Waals surface area contributed by atoms with Gasteiger partial charge < -0.3 is 9.64 Å². The molecule has 158 valence electrons. The molecule has 1 aromatic heterocycles. The number of ether oxygens (including phenoxy) is 1. The van der Waals surface area contributed by atoms with Gasteiger partial charge in [-0.05, 0) is 42.0 Å². The Balaban J connectivity index is 1.39. The fraction of sp³-hybridized carbons (Fsp3) is 0.286. The fourth-order valence-corrected chi connectivity index (χ4v) is 5.82. The van der Waals surface area contributed by atoms with Crippen LogP contribution in [0.15, 0.2) is 58.8 Å². The first-order chi connectivity index (χ1) is 14.5. The van der Waals surface area contributed by atoms with Crippen LogP contribution in [0.3, 0.4) is 0 Å². The highest BCUT2D eigenvalue weighted by Crippen LogP contribution is 2.26. The zero-order valence-corrected chi connectivity index (χ0v) is 18.9. The maximum atomic E-state index is 12.8. The summed E-state index contributed by atoms with van der Waals surface area (Å²) in [6.45, 7) is 2.07. The fourth-order valence-electron chi connectivity index (χ4n) is 3.39. The van der Waals surface area contributed by atoms with Crippen LogP contribution >= 0.6 is 22.9 Å². The van der Waals surface area contributed by atoms with Crippen molar-refractivity contribution in [2.24, 2.45) is 0 Å². The topological polar surface area (TPSA) is 62.7 Å². The molecule has 2 aromatic carbocycles. The number of nitrogens with zero attached hydrogens (tertiary/aromatic N) is 3. The Bertz CT molecular complexity index is 1110. The van der Waals surface area contributed by atoms with E-state index in [0.717, 1.165) is 28.6 Å². The lowest BCUT2D eigenvalue weighted by molar-refractivity contribution is 0.384. The number of rotatable bonds is 6. The third-order valence-corrected chi connectivity index (χ3v) is 8.13. The number of thiazole rings is 1. The van der Waals surface area contributed by atoms with Gasteiger partial charge in [0.25, 0.3) is 0 Å². The minimum absolute atomic E-state index is 0.273. The summed E-state index contributed by atoms with van der Waals surface area (Å²) in [6.07, 6.45) is 0.735. The predicted octanol–water partition coefficient (Wildman–Crippen LogP) is 3.91. The molecule has 0 radical (unpaired) electrons. The first-order valence-electron chi connectivity index (χ1n) is 9.54. The van der Waals surface area contributed by atoms with Gasteiger partial charge in [0, 0.05) is 43.0 Å². The molecule has 0 unspecified atom stereocenters. The Morgan fingerprint density at radius 1 is 1.10 bits per heavy atom. The molecule has 1 fully saturated rings. The van der Waals surface area contributed by atoms with Crippen molar-refractivity contribution in [2.75, 3.05) is 38.2 Å². The van der Waals surface area contributed by atoms with Crippen LogP contribution < -0.4 is 9.64 Å². The highest BCUT2D eigenvalue weighted by Gasteiger charge is 2.29. The number of aromatic nitrogens is 1. The molecule has 0 bridgehead atoms. The largest absolute Gasteiger partial charge is 0.497 e. The van der Waals surface area contributed by atoms with Crippen molar-refractivity contribution in [1.82, 2.24) is 9.29 Å². The molecule has 1 aliphatic rings. The van der Waals surface area contributed by atoms with Crippen LogP contribution in [0.2, 0.25) is 5.02 Å². The molecule has 4 rings (SSSR count). The summed E-state index contributed by atoms with van der Waals surface area (Å²) in [4.78, 5) is 7.18. The number of sulfonamides is 1. The van der Waals surface area contributed by atoms with Gasteiger partial charge in [0.2, 0.25) is 10.0 Å². The van der Waals surface area contributed by atoms with Crippen LogP contribution in [0, 0.1) is 0 Å². The second kappa shape index (κ2) is 8.93. The Labute approximate surface area is 185 Å². The molecule has 0 saturated carbocycles. The first kappa shape index (κ1) is 21.1. The van der Waals surface area contributed by atoms with E-state index in [1.54, 1.807) is 42.7 Å². The summed E-state index contributed by atoms with van der Waals surface area (Å²) >= 11 is 7.47. The van der Waals surface area contributed by atoms with Crippen LogP contribution in [0.1, 0.15) is 11.3 Å². The second-order valence-corrected chi connectivity index (χ2v) is 10.2. The molecule has 0 aliphatic carbocycles. The van der Waals surface area contributed by atoms with E-state index in [4.69, 9.17) is 21.3 Å². The Morgan fingerprint density at radius 2 is 1.83 bits per heavy atom. The van der Waals surface area contributed by atoms with Crippen molar-refractivity contribution in [1.29, 1.82) is 0 Å². The number of anilines is 1. The molecule has 0 N–H and O–H groups in total. The van der Waals surface area contributed by atoms with Crippen LogP contribution in [-0.4, -0.2) is 51.0 Å². The predicted molar refractivity (Wildman–Crippen MR) is 120 cm³/mol. The van der Waals surface area contributed by atoms with Gasteiger partial charge in [-0.15, -0.1) is 11.3 Å². The molecule has 1 saturated heterocycles. The van der Waals surface area contributed by atoms with Gasteiger partial charge in [-0.2, -0.15) is 4.31 Å². The van der Waals surface area contributed by atoms with Crippen molar-refractivity contribution < 1.29 is 13.2 Å². The van der Waals surface area contributed by atoms with E-state index in [1.165, 1.54) is 4.31 Å². The quantitative estimate of drug-likeness (QED) is 0.554. The van der Waals surface area contributed by atoms with E-state index in [2.05, 4.69) is 16.3 Å². The molecule has 0 spiro atoms. The number of hydrogen-bond donors (Lipinski definition) is 0. The number of hydrogen-bond acceptors (Lipinski definition) is 6. The molecule has 3 aromatic rings. The molecule has 30 heavy (non-hydrogen) atoms. The smallest absolute Gasteiger partial charge is 0.243 e. The highest BCUT2D eigenvalue weighted by molar-refractivity contribution is 7.89. The Morgan fingerprint density at radius 3 is 2.53 bits per heavy atom. The van der Waals surface area contributed by atoms with Crippen molar-refractivity contribution >= 4 is 38.1 Å². The van der Waals surface area contributed by atoms with E-state index in [9.17, 15) is 8.42 Å². The number of halogens is 1. The summed E-state index contributed by atoms with van der Waals surface area (Å²) in [5.74, 6) is 0.834. The molecular formula is C21H22ClN3O3S2. The molecule has 0 amide bonds.